The van der Waals surface area contributed by atoms with Crippen LogP contribution in [0.3, 0.4) is 0 Å². The van der Waals surface area contributed by atoms with Crippen molar-refractivity contribution in [2.75, 3.05) is 19.8 Å². The Hall–Kier alpha value is -0.0800. The first-order valence-electron chi connectivity index (χ1n) is 7.17. The minimum Gasteiger partial charge on any atom is -0.381 e. The molecule has 1 saturated heterocycles. The first-order chi connectivity index (χ1) is 7.86. The van der Waals surface area contributed by atoms with Crippen LogP contribution in [-0.4, -0.2) is 25.8 Å². The lowest BCUT2D eigenvalue weighted by Gasteiger charge is -2.24. The normalized spacial score (nSPS) is 29.4. The van der Waals surface area contributed by atoms with E-state index in [1.54, 1.807) is 0 Å². The largest absolute Gasteiger partial charge is 0.381 e. The Morgan fingerprint density at radius 2 is 2.00 bits per heavy atom. The quantitative estimate of drug-likeness (QED) is 0.776. The van der Waals surface area contributed by atoms with Gasteiger partial charge in [0.1, 0.15) is 0 Å². The van der Waals surface area contributed by atoms with E-state index in [2.05, 4.69) is 12.2 Å². The Balaban J connectivity index is 1.56. The summed E-state index contributed by atoms with van der Waals surface area (Å²) < 4.78 is 5.43. The Bertz CT molecular complexity index is 183. The van der Waals surface area contributed by atoms with Crippen molar-refractivity contribution in [3.63, 3.8) is 0 Å². The van der Waals surface area contributed by atoms with Crippen LogP contribution < -0.4 is 5.32 Å². The molecule has 2 rings (SSSR count). The predicted octanol–water partition coefficient (Wildman–Crippen LogP) is 2.97. The van der Waals surface area contributed by atoms with Gasteiger partial charge < -0.3 is 10.1 Å². The van der Waals surface area contributed by atoms with Crippen molar-refractivity contribution in [1.82, 2.24) is 5.32 Å². The summed E-state index contributed by atoms with van der Waals surface area (Å²) in [5, 5.41) is 3.69. The molecule has 94 valence electrons. The number of rotatable bonds is 5. The average Bonchev–Trinajstić information content (AvgIpc) is 2.84. The molecule has 0 aromatic carbocycles. The van der Waals surface area contributed by atoms with Gasteiger partial charge in [0.15, 0.2) is 0 Å². The lowest BCUT2D eigenvalue weighted by Crippen LogP contribution is -2.35. The minimum absolute atomic E-state index is 0.645. The number of ether oxygens (including phenoxy) is 1. The number of hydrogen-bond donors (Lipinski definition) is 1. The zero-order valence-corrected chi connectivity index (χ0v) is 10.7. The molecule has 16 heavy (non-hydrogen) atoms. The fraction of sp³-hybridized carbons (Fsp3) is 1.00. The van der Waals surface area contributed by atoms with Crippen LogP contribution in [-0.2, 0) is 4.74 Å². The molecule has 1 aliphatic carbocycles. The second-order valence-electron chi connectivity index (χ2n) is 5.66. The second kappa shape index (κ2) is 6.61. The van der Waals surface area contributed by atoms with Crippen LogP contribution in [0.25, 0.3) is 0 Å². The molecule has 2 fully saturated rings. The first-order valence-corrected chi connectivity index (χ1v) is 7.17. The van der Waals surface area contributed by atoms with E-state index in [9.17, 15) is 0 Å². The third-order valence-corrected chi connectivity index (χ3v) is 4.42. The maximum atomic E-state index is 5.43. The summed E-state index contributed by atoms with van der Waals surface area (Å²) in [5.74, 6) is 1.76. The lowest BCUT2D eigenvalue weighted by molar-refractivity contribution is 0.178. The van der Waals surface area contributed by atoms with Crippen molar-refractivity contribution in [3.8, 4) is 0 Å². The van der Waals surface area contributed by atoms with Gasteiger partial charge in [-0.25, -0.2) is 0 Å². The lowest BCUT2D eigenvalue weighted by atomic mass is 9.87. The van der Waals surface area contributed by atoms with Gasteiger partial charge >= 0.3 is 0 Å². The monoisotopic (exact) mass is 225 g/mol. The van der Waals surface area contributed by atoms with Crippen molar-refractivity contribution in [2.24, 2.45) is 11.8 Å². The van der Waals surface area contributed by atoms with Gasteiger partial charge in [-0.15, -0.1) is 0 Å². The van der Waals surface area contributed by atoms with Gasteiger partial charge in [-0.2, -0.15) is 0 Å². The van der Waals surface area contributed by atoms with Gasteiger partial charge in [0.05, 0.1) is 6.61 Å². The van der Waals surface area contributed by atoms with E-state index in [-0.39, 0.29) is 0 Å². The highest BCUT2D eigenvalue weighted by atomic mass is 16.5. The van der Waals surface area contributed by atoms with Crippen molar-refractivity contribution in [2.45, 2.75) is 57.9 Å². The molecule has 1 aliphatic heterocycles. The highest BCUT2D eigenvalue weighted by molar-refractivity contribution is 4.76. The molecular weight excluding hydrogens is 198 g/mol. The average molecular weight is 225 g/mol. The van der Waals surface area contributed by atoms with Gasteiger partial charge in [-0.3, -0.25) is 0 Å². The fourth-order valence-corrected chi connectivity index (χ4v) is 3.10. The summed E-state index contributed by atoms with van der Waals surface area (Å²) >= 11 is 0. The molecular formula is C14H27NO. The van der Waals surface area contributed by atoms with Crippen molar-refractivity contribution < 1.29 is 4.74 Å². The maximum Gasteiger partial charge on any atom is 0.0509 e. The molecule has 2 aliphatic rings. The maximum absolute atomic E-state index is 5.43. The van der Waals surface area contributed by atoms with Gasteiger partial charge in [0.25, 0.3) is 0 Å². The van der Waals surface area contributed by atoms with E-state index in [1.165, 1.54) is 51.5 Å². The summed E-state index contributed by atoms with van der Waals surface area (Å²) in [6.07, 6.45) is 9.99. The molecule has 2 unspecified atom stereocenters. The number of hydrogen-bond acceptors (Lipinski definition) is 2. The van der Waals surface area contributed by atoms with Crippen molar-refractivity contribution >= 4 is 0 Å². The molecule has 0 spiro atoms. The smallest absolute Gasteiger partial charge is 0.0509 e. The molecule has 1 heterocycles. The Labute approximate surface area is 100 Å². The van der Waals surface area contributed by atoms with Crippen LogP contribution in [0, 0.1) is 11.8 Å². The highest BCUT2D eigenvalue weighted by Gasteiger charge is 2.22. The fourth-order valence-electron chi connectivity index (χ4n) is 3.10. The Morgan fingerprint density at radius 3 is 2.69 bits per heavy atom. The van der Waals surface area contributed by atoms with Crippen LogP contribution in [0.4, 0.5) is 0 Å². The first kappa shape index (κ1) is 12.4. The van der Waals surface area contributed by atoms with E-state index >= 15 is 0 Å². The van der Waals surface area contributed by atoms with Crippen LogP contribution in [0.1, 0.15) is 51.9 Å². The van der Waals surface area contributed by atoms with E-state index in [1.807, 2.05) is 0 Å². The number of nitrogens with one attached hydrogen (secondary N) is 1. The predicted molar refractivity (Wildman–Crippen MR) is 67.6 cm³/mol. The molecule has 0 aromatic heterocycles. The summed E-state index contributed by atoms with van der Waals surface area (Å²) in [6.45, 7) is 5.47. The van der Waals surface area contributed by atoms with Crippen LogP contribution in [0.5, 0.6) is 0 Å². The van der Waals surface area contributed by atoms with E-state index in [4.69, 9.17) is 4.74 Å². The van der Waals surface area contributed by atoms with Crippen molar-refractivity contribution in [3.05, 3.63) is 0 Å². The summed E-state index contributed by atoms with van der Waals surface area (Å²) in [6, 6.07) is 0.645. The summed E-state index contributed by atoms with van der Waals surface area (Å²) in [5.41, 5.74) is 0. The second-order valence-corrected chi connectivity index (χ2v) is 5.66. The highest BCUT2D eigenvalue weighted by Crippen LogP contribution is 2.26. The van der Waals surface area contributed by atoms with Crippen LogP contribution in [0.2, 0.25) is 0 Å². The molecule has 2 nitrogen and oxygen atoms in total. The standard InChI is InChI=1S/C14H27NO/c1-12(14-8-10-16-11-14)15-9-7-13-5-3-2-4-6-13/h12-15H,2-11H2,1H3. The van der Waals surface area contributed by atoms with Gasteiger partial charge in [-0.05, 0) is 38.1 Å². The molecule has 1 saturated carbocycles. The third-order valence-electron chi connectivity index (χ3n) is 4.42. The Kier molecular flexibility index (Phi) is 5.11. The van der Waals surface area contributed by atoms with E-state index < -0.39 is 0 Å². The molecule has 2 heteroatoms. The Morgan fingerprint density at radius 1 is 1.19 bits per heavy atom. The molecule has 1 N–H and O–H groups in total. The molecule has 0 aromatic rings. The SMILES string of the molecule is CC(NCCC1CCCCC1)C1CCOC1. The third kappa shape index (κ3) is 3.74. The van der Waals surface area contributed by atoms with Crippen LogP contribution in [0.15, 0.2) is 0 Å². The minimum atomic E-state index is 0.645. The zero-order chi connectivity index (χ0) is 11.2. The molecule has 0 bridgehead atoms. The van der Waals surface area contributed by atoms with E-state index in [0.717, 1.165) is 25.0 Å². The molecule has 0 radical (unpaired) electrons. The van der Waals surface area contributed by atoms with Gasteiger partial charge in [0, 0.05) is 12.6 Å². The summed E-state index contributed by atoms with van der Waals surface area (Å²) in [7, 11) is 0. The van der Waals surface area contributed by atoms with E-state index in [0.29, 0.717) is 6.04 Å². The van der Waals surface area contributed by atoms with Gasteiger partial charge in [0.2, 0.25) is 0 Å². The van der Waals surface area contributed by atoms with Crippen molar-refractivity contribution in [1.29, 1.82) is 0 Å². The molecule has 0 amide bonds. The zero-order valence-electron chi connectivity index (χ0n) is 10.7. The van der Waals surface area contributed by atoms with Gasteiger partial charge in [-0.1, -0.05) is 32.1 Å². The topological polar surface area (TPSA) is 21.3 Å². The van der Waals surface area contributed by atoms with Crippen LogP contribution >= 0.6 is 0 Å². The molecule has 2 atom stereocenters. The summed E-state index contributed by atoms with van der Waals surface area (Å²) in [4.78, 5) is 0.